The first-order valence-corrected chi connectivity index (χ1v) is 32.1. The van der Waals surface area contributed by atoms with E-state index < -0.39 is 0 Å². The van der Waals surface area contributed by atoms with Crippen LogP contribution in [0.1, 0.15) is 387 Å². The van der Waals surface area contributed by atoms with E-state index in [-0.39, 0.29) is 4.70 Å². The molecule has 66 heavy (non-hydrogen) atoms. The molecule has 0 aliphatic carbocycles. The molecule has 0 aromatic heterocycles. The Morgan fingerprint density at radius 3 is 0.333 bits per heavy atom. The van der Waals surface area contributed by atoms with Crippen molar-refractivity contribution in [1.29, 1.82) is 0 Å². The Labute approximate surface area is 420 Å². The molecule has 0 rings (SSSR count). The summed E-state index contributed by atoms with van der Waals surface area (Å²) >= 11 is 0. The molecule has 1 nitrogen and oxygen atoms in total. The van der Waals surface area contributed by atoms with E-state index in [2.05, 4.69) is 27.7 Å². The summed E-state index contributed by atoms with van der Waals surface area (Å²) in [4.78, 5) is 0. The molecule has 0 aliphatic heterocycles. The SMILES string of the molecule is CCCCCCCCCCCCCCCC[N+](CCCCCCCCCCCCCCCC)(CCCCCCCCCCCCCCCC)CCCCCCCCCCCCCCCC.[F-]. The molecule has 0 N–H and O–H groups in total. The largest absolute Gasteiger partial charge is 1.00 e. The quantitative estimate of drug-likeness (QED) is 0.0421. The van der Waals surface area contributed by atoms with Crippen LogP contribution in [0.2, 0.25) is 0 Å². The Bertz CT molecular complexity index is 677. The van der Waals surface area contributed by atoms with E-state index >= 15 is 0 Å². The van der Waals surface area contributed by atoms with Crippen molar-refractivity contribution in [1.82, 2.24) is 0 Å². The second kappa shape index (κ2) is 61.0. The molecule has 0 radical (unpaired) electrons. The van der Waals surface area contributed by atoms with Gasteiger partial charge in [0, 0.05) is 0 Å². The van der Waals surface area contributed by atoms with Crippen molar-refractivity contribution in [3.8, 4) is 0 Å². The van der Waals surface area contributed by atoms with Gasteiger partial charge in [0.1, 0.15) is 0 Å². The third-order valence-corrected chi connectivity index (χ3v) is 15.9. The van der Waals surface area contributed by atoms with Gasteiger partial charge in [-0.05, 0) is 51.4 Å². The van der Waals surface area contributed by atoms with Gasteiger partial charge >= 0.3 is 0 Å². The topological polar surface area (TPSA) is 0 Å². The minimum Gasteiger partial charge on any atom is -1.00 e. The summed E-state index contributed by atoms with van der Waals surface area (Å²) in [6.07, 6.45) is 82.7. The Balaban J connectivity index is 0. The van der Waals surface area contributed by atoms with E-state index in [4.69, 9.17) is 0 Å². The Morgan fingerprint density at radius 1 is 0.136 bits per heavy atom. The molecule has 400 valence electrons. The highest BCUT2D eigenvalue weighted by molar-refractivity contribution is 4.58. The fraction of sp³-hybridized carbons (Fsp3) is 1.00. The highest BCUT2D eigenvalue weighted by atomic mass is 19.0. The third kappa shape index (κ3) is 54.8. The van der Waals surface area contributed by atoms with Crippen LogP contribution in [0.4, 0.5) is 0 Å². The van der Waals surface area contributed by atoms with E-state index in [1.54, 1.807) is 0 Å². The molecule has 0 saturated heterocycles. The summed E-state index contributed by atoms with van der Waals surface area (Å²) < 4.78 is 1.49. The van der Waals surface area contributed by atoms with Gasteiger partial charge in [-0.1, -0.05) is 336 Å². The second-order valence-electron chi connectivity index (χ2n) is 22.6. The Hall–Kier alpha value is -0.110. The van der Waals surface area contributed by atoms with Crippen molar-refractivity contribution >= 4 is 0 Å². The number of quaternary nitrogens is 1. The zero-order valence-electron chi connectivity index (χ0n) is 47.3. The molecular weight excluding hydrogens is 802 g/mol. The molecule has 0 saturated carbocycles. The number of halogens is 1. The zero-order valence-corrected chi connectivity index (χ0v) is 47.3. The van der Waals surface area contributed by atoms with E-state index in [0.29, 0.717) is 0 Å². The summed E-state index contributed by atoms with van der Waals surface area (Å²) in [5.41, 5.74) is 0. The lowest BCUT2D eigenvalue weighted by molar-refractivity contribution is -0.929. The standard InChI is InChI=1S/C64H132N.FH/c1-5-9-13-17-21-25-29-33-37-41-45-49-53-57-61-65(62-58-54-50-46-42-38-34-30-26-22-18-14-10-6-2,63-59-55-51-47-43-39-35-31-27-23-19-15-11-7-3)64-60-56-52-48-44-40-36-32-28-24-20-16-12-8-4;/h5-64H2,1-4H3;1H/q+1;/p-1. The van der Waals surface area contributed by atoms with Crippen LogP contribution in [0.5, 0.6) is 0 Å². The number of rotatable bonds is 60. The predicted octanol–water partition coefficient (Wildman–Crippen LogP) is 20.7. The lowest BCUT2D eigenvalue weighted by Gasteiger charge is -2.40. The van der Waals surface area contributed by atoms with Gasteiger partial charge in [0.05, 0.1) is 26.2 Å². The molecule has 0 atom stereocenters. The average Bonchev–Trinajstić information content (AvgIpc) is 3.32. The maximum Gasteiger partial charge on any atom is 0.0786 e. The van der Waals surface area contributed by atoms with Gasteiger partial charge in [-0.2, -0.15) is 0 Å². The van der Waals surface area contributed by atoms with Crippen LogP contribution in [0.15, 0.2) is 0 Å². The molecule has 0 aliphatic rings. The highest BCUT2D eigenvalue weighted by Crippen LogP contribution is 2.23. The normalized spacial score (nSPS) is 11.8. The average molecular weight is 935 g/mol. The number of hydrogen-bond donors (Lipinski definition) is 0. The van der Waals surface area contributed by atoms with Crippen molar-refractivity contribution in [2.45, 2.75) is 387 Å². The van der Waals surface area contributed by atoms with Crippen LogP contribution >= 0.6 is 0 Å². The zero-order chi connectivity index (χ0) is 46.9. The van der Waals surface area contributed by atoms with Crippen molar-refractivity contribution in [3.63, 3.8) is 0 Å². The minimum atomic E-state index is 0. The van der Waals surface area contributed by atoms with Gasteiger partial charge in [-0.15, -0.1) is 0 Å². The Kier molecular flexibility index (Phi) is 62.8. The monoisotopic (exact) mass is 934 g/mol. The molecule has 0 fully saturated rings. The van der Waals surface area contributed by atoms with E-state index in [9.17, 15) is 0 Å². The molecule has 0 aromatic rings. The molecule has 0 amide bonds. The molecule has 0 heterocycles. The van der Waals surface area contributed by atoms with E-state index in [1.165, 1.54) is 390 Å². The molecule has 2 heteroatoms. The summed E-state index contributed by atoms with van der Waals surface area (Å²) in [7, 11) is 0. The van der Waals surface area contributed by atoms with Gasteiger partial charge in [0.25, 0.3) is 0 Å². The summed E-state index contributed by atoms with van der Waals surface area (Å²) in [5, 5.41) is 0. The first kappa shape index (κ1) is 68.0. The molecule has 0 spiro atoms. The van der Waals surface area contributed by atoms with Gasteiger partial charge < -0.3 is 9.19 Å². The second-order valence-corrected chi connectivity index (χ2v) is 22.6. The van der Waals surface area contributed by atoms with Crippen molar-refractivity contribution in [3.05, 3.63) is 0 Å². The van der Waals surface area contributed by atoms with Crippen LogP contribution in [-0.2, 0) is 0 Å². The summed E-state index contributed by atoms with van der Waals surface area (Å²) in [6, 6.07) is 0. The summed E-state index contributed by atoms with van der Waals surface area (Å²) in [5.74, 6) is 0. The molecule has 0 aromatic carbocycles. The van der Waals surface area contributed by atoms with Gasteiger partial charge in [0.2, 0.25) is 0 Å². The number of nitrogens with zero attached hydrogens (tertiary/aromatic N) is 1. The summed E-state index contributed by atoms with van der Waals surface area (Å²) in [6.45, 7) is 15.3. The highest BCUT2D eigenvalue weighted by Gasteiger charge is 2.26. The minimum absolute atomic E-state index is 0. The fourth-order valence-electron chi connectivity index (χ4n) is 11.2. The van der Waals surface area contributed by atoms with Crippen LogP contribution in [0, 0.1) is 0 Å². The number of hydrogen-bond acceptors (Lipinski definition) is 0. The maximum absolute atomic E-state index is 2.33. The van der Waals surface area contributed by atoms with E-state index in [1.807, 2.05) is 0 Å². The lowest BCUT2D eigenvalue weighted by Crippen LogP contribution is -3.00. The number of unbranched alkanes of at least 4 members (excludes halogenated alkanes) is 52. The molecule has 0 unspecified atom stereocenters. The Morgan fingerprint density at radius 2 is 0.227 bits per heavy atom. The maximum atomic E-state index is 2.33. The van der Waals surface area contributed by atoms with Crippen LogP contribution in [0.25, 0.3) is 0 Å². The van der Waals surface area contributed by atoms with Gasteiger partial charge in [-0.3, -0.25) is 0 Å². The van der Waals surface area contributed by atoms with Crippen LogP contribution in [0.3, 0.4) is 0 Å². The van der Waals surface area contributed by atoms with E-state index in [0.717, 1.165) is 0 Å². The predicted molar refractivity (Wildman–Crippen MR) is 301 cm³/mol. The van der Waals surface area contributed by atoms with Gasteiger partial charge in [-0.25, -0.2) is 0 Å². The third-order valence-electron chi connectivity index (χ3n) is 15.9. The lowest BCUT2D eigenvalue weighted by atomic mass is 10.0. The first-order valence-electron chi connectivity index (χ1n) is 32.1. The van der Waals surface area contributed by atoms with Gasteiger partial charge in [0.15, 0.2) is 0 Å². The van der Waals surface area contributed by atoms with Crippen LogP contribution in [-0.4, -0.2) is 30.7 Å². The fourth-order valence-corrected chi connectivity index (χ4v) is 11.2. The van der Waals surface area contributed by atoms with Crippen molar-refractivity contribution in [2.75, 3.05) is 26.2 Å². The molecular formula is C64H132FN. The molecule has 0 bridgehead atoms. The van der Waals surface area contributed by atoms with Crippen molar-refractivity contribution < 1.29 is 9.19 Å². The van der Waals surface area contributed by atoms with Crippen LogP contribution < -0.4 is 4.70 Å². The first-order chi connectivity index (χ1) is 32.2. The van der Waals surface area contributed by atoms with Crippen molar-refractivity contribution in [2.24, 2.45) is 0 Å². The smallest absolute Gasteiger partial charge is 0.0786 e.